The minimum absolute atomic E-state index is 0.648. The van der Waals surface area contributed by atoms with E-state index < -0.39 is 0 Å². The van der Waals surface area contributed by atoms with Gasteiger partial charge < -0.3 is 9.73 Å². The Morgan fingerprint density at radius 1 is 1.59 bits per heavy atom. The van der Waals surface area contributed by atoms with Crippen LogP contribution in [0.15, 0.2) is 10.5 Å². The second kappa shape index (κ2) is 5.39. The number of nitrogens with one attached hydrogen (secondary N) is 1. The number of terminal acetylenes is 1. The Labute approximate surface area is 103 Å². The molecule has 1 aliphatic rings. The molecule has 0 radical (unpaired) electrons. The summed E-state index contributed by atoms with van der Waals surface area (Å²) in [6, 6.07) is 2.82. The maximum atomic E-state index is 5.84. The van der Waals surface area contributed by atoms with Gasteiger partial charge in [0, 0.05) is 6.04 Å². The number of furan rings is 1. The van der Waals surface area contributed by atoms with Gasteiger partial charge >= 0.3 is 0 Å². The van der Waals surface area contributed by atoms with Crippen molar-refractivity contribution in [2.75, 3.05) is 13.6 Å². The molecule has 1 N–H and O–H groups in total. The highest BCUT2D eigenvalue weighted by atomic mass is 16.3. The van der Waals surface area contributed by atoms with Crippen LogP contribution in [0.4, 0.5) is 0 Å². The molecule has 3 nitrogen and oxygen atoms in total. The van der Waals surface area contributed by atoms with E-state index in [1.54, 1.807) is 0 Å². The third-order valence-electron chi connectivity index (χ3n) is 2.99. The van der Waals surface area contributed by atoms with Gasteiger partial charge in [-0.1, -0.05) is 5.92 Å². The average molecular weight is 232 g/mol. The van der Waals surface area contributed by atoms with Gasteiger partial charge in [0.25, 0.3) is 0 Å². The van der Waals surface area contributed by atoms with Crippen LogP contribution < -0.4 is 5.32 Å². The van der Waals surface area contributed by atoms with Crippen molar-refractivity contribution in [2.45, 2.75) is 38.9 Å². The van der Waals surface area contributed by atoms with E-state index >= 15 is 0 Å². The fraction of sp³-hybridized carbons (Fsp3) is 0.571. The van der Waals surface area contributed by atoms with Crippen molar-refractivity contribution in [3.05, 3.63) is 23.2 Å². The van der Waals surface area contributed by atoms with Crippen LogP contribution in [0.2, 0.25) is 0 Å². The zero-order valence-corrected chi connectivity index (χ0v) is 10.6. The summed E-state index contributed by atoms with van der Waals surface area (Å²) in [6.45, 7) is 4.36. The van der Waals surface area contributed by atoms with Crippen molar-refractivity contribution < 1.29 is 4.42 Å². The van der Waals surface area contributed by atoms with E-state index in [1.165, 1.54) is 18.4 Å². The lowest BCUT2D eigenvalue weighted by Gasteiger charge is -2.10. The zero-order chi connectivity index (χ0) is 12.3. The van der Waals surface area contributed by atoms with E-state index in [0.29, 0.717) is 12.6 Å². The van der Waals surface area contributed by atoms with Gasteiger partial charge in [-0.25, -0.2) is 0 Å². The predicted molar refractivity (Wildman–Crippen MR) is 68.5 cm³/mol. The Morgan fingerprint density at radius 3 is 3.00 bits per heavy atom. The molecule has 0 saturated heterocycles. The van der Waals surface area contributed by atoms with Crippen LogP contribution in [0.1, 0.15) is 29.9 Å². The van der Waals surface area contributed by atoms with Crippen LogP contribution in [-0.4, -0.2) is 24.5 Å². The SMILES string of the molecule is C#CCN(C)Cc1cc(C)c(CNC2CC2)o1. The summed E-state index contributed by atoms with van der Waals surface area (Å²) in [7, 11) is 2.00. The van der Waals surface area contributed by atoms with Crippen LogP contribution in [0.3, 0.4) is 0 Å². The molecule has 1 aromatic heterocycles. The molecule has 0 spiro atoms. The predicted octanol–water partition coefficient (Wildman–Crippen LogP) is 1.91. The Balaban J connectivity index is 1.89. The lowest BCUT2D eigenvalue weighted by Crippen LogP contribution is -2.17. The number of aryl methyl sites for hydroxylation is 1. The van der Waals surface area contributed by atoms with Crippen molar-refractivity contribution in [1.82, 2.24) is 10.2 Å². The molecule has 92 valence electrons. The zero-order valence-electron chi connectivity index (χ0n) is 10.6. The van der Waals surface area contributed by atoms with Crippen molar-refractivity contribution in [1.29, 1.82) is 0 Å². The van der Waals surface area contributed by atoms with Crippen molar-refractivity contribution in [3.63, 3.8) is 0 Å². The van der Waals surface area contributed by atoms with Crippen LogP contribution in [-0.2, 0) is 13.1 Å². The molecule has 1 aromatic rings. The molecule has 2 rings (SSSR count). The van der Waals surface area contributed by atoms with E-state index in [1.807, 2.05) is 7.05 Å². The molecule has 0 bridgehead atoms. The Bertz CT molecular complexity index is 412. The number of nitrogens with zero attached hydrogens (tertiary/aromatic N) is 1. The Morgan fingerprint density at radius 2 is 2.35 bits per heavy atom. The number of hydrogen-bond donors (Lipinski definition) is 1. The Kier molecular flexibility index (Phi) is 3.88. The van der Waals surface area contributed by atoms with E-state index in [9.17, 15) is 0 Å². The molecule has 17 heavy (non-hydrogen) atoms. The highest BCUT2D eigenvalue weighted by Gasteiger charge is 2.21. The molecule has 0 aliphatic heterocycles. The minimum Gasteiger partial charge on any atom is -0.463 e. The molecule has 3 heteroatoms. The molecule has 0 aromatic carbocycles. The summed E-state index contributed by atoms with van der Waals surface area (Å²) in [5, 5.41) is 3.47. The van der Waals surface area contributed by atoms with Crippen molar-refractivity contribution >= 4 is 0 Å². The molecule has 1 aliphatic carbocycles. The maximum absolute atomic E-state index is 5.84. The van der Waals surface area contributed by atoms with Gasteiger partial charge in [0.15, 0.2) is 0 Å². The normalized spacial score (nSPS) is 15.2. The molecular weight excluding hydrogens is 212 g/mol. The summed E-state index contributed by atoms with van der Waals surface area (Å²) in [4.78, 5) is 2.07. The molecule has 1 saturated carbocycles. The fourth-order valence-electron chi connectivity index (χ4n) is 1.85. The van der Waals surface area contributed by atoms with Crippen molar-refractivity contribution in [3.8, 4) is 12.3 Å². The van der Waals surface area contributed by atoms with Crippen molar-refractivity contribution in [2.24, 2.45) is 0 Å². The first-order valence-electron chi connectivity index (χ1n) is 6.12. The Hall–Kier alpha value is -1.24. The second-order valence-electron chi connectivity index (χ2n) is 4.85. The lowest BCUT2D eigenvalue weighted by atomic mass is 10.2. The van der Waals surface area contributed by atoms with Gasteiger partial charge in [-0.2, -0.15) is 0 Å². The summed E-state index contributed by atoms with van der Waals surface area (Å²) < 4.78 is 5.84. The first-order valence-corrected chi connectivity index (χ1v) is 6.12. The third kappa shape index (κ3) is 3.62. The molecule has 0 atom stereocenters. The topological polar surface area (TPSA) is 28.4 Å². The lowest BCUT2D eigenvalue weighted by molar-refractivity contribution is 0.318. The van der Waals surface area contributed by atoms with E-state index in [2.05, 4.69) is 29.1 Å². The van der Waals surface area contributed by atoms with Crippen LogP contribution in [0.5, 0.6) is 0 Å². The van der Waals surface area contributed by atoms with Gasteiger partial charge in [0.05, 0.1) is 19.6 Å². The van der Waals surface area contributed by atoms with Crippen LogP contribution >= 0.6 is 0 Å². The highest BCUT2D eigenvalue weighted by molar-refractivity contribution is 5.20. The van der Waals surface area contributed by atoms with Gasteiger partial charge in [-0.15, -0.1) is 6.42 Å². The number of rotatable bonds is 6. The van der Waals surface area contributed by atoms with E-state index in [0.717, 1.165) is 24.6 Å². The third-order valence-corrected chi connectivity index (χ3v) is 2.99. The molecule has 1 fully saturated rings. The first kappa shape index (κ1) is 12.2. The van der Waals surface area contributed by atoms with E-state index in [4.69, 9.17) is 10.8 Å². The monoisotopic (exact) mass is 232 g/mol. The maximum Gasteiger partial charge on any atom is 0.120 e. The second-order valence-corrected chi connectivity index (χ2v) is 4.85. The van der Waals surface area contributed by atoms with E-state index in [-0.39, 0.29) is 0 Å². The molecule has 1 heterocycles. The van der Waals surface area contributed by atoms with Gasteiger partial charge in [0.2, 0.25) is 0 Å². The van der Waals surface area contributed by atoms with Crippen LogP contribution in [0, 0.1) is 19.3 Å². The smallest absolute Gasteiger partial charge is 0.120 e. The average Bonchev–Trinajstić information content (AvgIpc) is 3.02. The fourth-order valence-corrected chi connectivity index (χ4v) is 1.85. The standard InChI is InChI=1S/C14H20N2O/c1-4-7-16(3)10-13-8-11(2)14(17-13)9-15-12-5-6-12/h1,8,12,15H,5-7,9-10H2,2-3H3. The summed E-state index contributed by atoms with van der Waals surface area (Å²) >= 11 is 0. The molecule has 0 unspecified atom stereocenters. The largest absolute Gasteiger partial charge is 0.463 e. The summed E-state index contributed by atoms with van der Waals surface area (Å²) in [6.07, 6.45) is 7.88. The highest BCUT2D eigenvalue weighted by Crippen LogP contribution is 2.21. The van der Waals surface area contributed by atoms with Gasteiger partial charge in [-0.3, -0.25) is 4.90 Å². The molecule has 0 amide bonds. The summed E-state index contributed by atoms with van der Waals surface area (Å²) in [5.74, 6) is 4.68. The van der Waals surface area contributed by atoms with Gasteiger partial charge in [0.1, 0.15) is 11.5 Å². The quantitative estimate of drug-likeness (QED) is 0.759. The minimum atomic E-state index is 0.648. The van der Waals surface area contributed by atoms with Crippen LogP contribution in [0.25, 0.3) is 0 Å². The van der Waals surface area contributed by atoms with Gasteiger partial charge in [-0.05, 0) is 38.4 Å². The summed E-state index contributed by atoms with van der Waals surface area (Å²) in [5.41, 5.74) is 1.22. The first-order chi connectivity index (χ1) is 8.19. The molecular formula is C14H20N2O. The number of hydrogen-bond acceptors (Lipinski definition) is 3.